The highest BCUT2D eigenvalue weighted by atomic mass is 32.2. The first-order chi connectivity index (χ1) is 13.4. The Hall–Kier alpha value is -1.77. The minimum absolute atomic E-state index is 0.242. The van der Waals surface area contributed by atoms with E-state index in [-0.39, 0.29) is 4.90 Å². The van der Waals surface area contributed by atoms with Gasteiger partial charge in [0.15, 0.2) is 0 Å². The molecular weight excluding hydrogens is 382 g/mol. The van der Waals surface area contributed by atoms with Crippen molar-refractivity contribution in [3.8, 4) is 0 Å². The van der Waals surface area contributed by atoms with Crippen molar-refractivity contribution in [2.75, 3.05) is 13.1 Å². The molecule has 0 saturated heterocycles. The molecule has 7 nitrogen and oxygen atoms in total. The van der Waals surface area contributed by atoms with Gasteiger partial charge in [0.1, 0.15) is 6.29 Å². The van der Waals surface area contributed by atoms with Gasteiger partial charge in [-0.1, -0.05) is 37.8 Å². The van der Waals surface area contributed by atoms with Crippen LogP contribution in [0.25, 0.3) is 0 Å². The lowest BCUT2D eigenvalue weighted by Crippen LogP contribution is -2.17. The molecule has 0 spiro atoms. The largest absolute Gasteiger partial charge is 0.481 e. The summed E-state index contributed by atoms with van der Waals surface area (Å²) in [5.41, 5.74) is 0.530. The van der Waals surface area contributed by atoms with E-state index in [1.165, 1.54) is 24.3 Å². The highest BCUT2D eigenvalue weighted by molar-refractivity contribution is 7.85. The molecule has 158 valence electrons. The number of carboxylic acid groups (broad SMARTS) is 1. The molecule has 0 aliphatic carbocycles. The van der Waals surface area contributed by atoms with Gasteiger partial charge < -0.3 is 15.2 Å². The summed E-state index contributed by atoms with van der Waals surface area (Å²) >= 11 is 0. The molecule has 1 aromatic rings. The highest BCUT2D eigenvalue weighted by Crippen LogP contribution is 2.24. The van der Waals surface area contributed by atoms with Gasteiger partial charge in [-0.3, -0.25) is 9.35 Å². The summed E-state index contributed by atoms with van der Waals surface area (Å²) in [6.07, 6.45) is 9.16. The van der Waals surface area contributed by atoms with Gasteiger partial charge in [-0.25, -0.2) is 0 Å². The van der Waals surface area contributed by atoms with E-state index in [1.807, 2.05) is 0 Å². The summed E-state index contributed by atoms with van der Waals surface area (Å²) in [5, 5.41) is 12.8. The van der Waals surface area contributed by atoms with Crippen LogP contribution < -0.4 is 5.32 Å². The maximum absolute atomic E-state index is 11.5. The fraction of sp³-hybridized carbons (Fsp3) is 0.600. The Bertz CT molecular complexity index is 687. The SMILES string of the molecule is O=CCCCCCCCNCCCCC(C(=O)O)c1ccc(S(=O)(=O)O)cc1. The van der Waals surface area contributed by atoms with Crippen molar-refractivity contribution < 1.29 is 27.7 Å². The van der Waals surface area contributed by atoms with E-state index < -0.39 is 22.0 Å². The van der Waals surface area contributed by atoms with E-state index in [0.29, 0.717) is 18.4 Å². The average Bonchev–Trinajstić information content (AvgIpc) is 2.65. The van der Waals surface area contributed by atoms with Crippen LogP contribution in [0.15, 0.2) is 29.2 Å². The number of rotatable bonds is 16. The lowest BCUT2D eigenvalue weighted by molar-refractivity contribution is -0.139. The molecular formula is C20H31NO6S. The van der Waals surface area contributed by atoms with Crippen LogP contribution in [0.2, 0.25) is 0 Å². The van der Waals surface area contributed by atoms with Gasteiger partial charge in [0.05, 0.1) is 10.8 Å². The number of benzene rings is 1. The fourth-order valence-electron chi connectivity index (χ4n) is 3.04. The van der Waals surface area contributed by atoms with Crippen molar-refractivity contribution in [3.05, 3.63) is 29.8 Å². The van der Waals surface area contributed by atoms with E-state index in [1.54, 1.807) is 0 Å². The third kappa shape index (κ3) is 9.96. The second-order valence-electron chi connectivity index (χ2n) is 6.90. The Morgan fingerprint density at radius 1 is 0.964 bits per heavy atom. The molecule has 0 radical (unpaired) electrons. The van der Waals surface area contributed by atoms with Crippen molar-refractivity contribution >= 4 is 22.4 Å². The third-order valence-electron chi connectivity index (χ3n) is 4.65. The summed E-state index contributed by atoms with van der Waals surface area (Å²) < 4.78 is 31.1. The standard InChI is InChI=1S/C20H31NO6S/c22-16-8-4-2-1-3-6-14-21-15-7-5-9-19(20(23)24)17-10-12-18(13-11-17)28(25,26)27/h10-13,16,19,21H,1-9,14-15H2,(H,23,24)(H,25,26,27). The van der Waals surface area contributed by atoms with Crippen LogP contribution in [0.3, 0.4) is 0 Å². The smallest absolute Gasteiger partial charge is 0.310 e. The minimum Gasteiger partial charge on any atom is -0.481 e. The number of unbranched alkanes of at least 4 members (excludes halogenated alkanes) is 6. The monoisotopic (exact) mass is 413 g/mol. The third-order valence-corrected chi connectivity index (χ3v) is 5.52. The van der Waals surface area contributed by atoms with Crippen molar-refractivity contribution in [2.45, 2.75) is 68.6 Å². The summed E-state index contributed by atoms with van der Waals surface area (Å²) in [6.45, 7) is 1.77. The van der Waals surface area contributed by atoms with Crippen molar-refractivity contribution in [1.82, 2.24) is 5.32 Å². The van der Waals surface area contributed by atoms with Gasteiger partial charge in [-0.15, -0.1) is 0 Å². The molecule has 0 bridgehead atoms. The molecule has 0 amide bonds. The van der Waals surface area contributed by atoms with Gasteiger partial charge in [-0.05, 0) is 56.5 Å². The molecule has 0 heterocycles. The molecule has 1 rings (SSSR count). The van der Waals surface area contributed by atoms with Crippen LogP contribution in [-0.4, -0.2) is 43.4 Å². The molecule has 1 unspecified atom stereocenters. The Morgan fingerprint density at radius 2 is 1.54 bits per heavy atom. The van der Waals surface area contributed by atoms with Crippen molar-refractivity contribution in [3.63, 3.8) is 0 Å². The first-order valence-corrected chi connectivity index (χ1v) is 11.2. The normalized spacial score (nSPS) is 12.6. The lowest BCUT2D eigenvalue weighted by atomic mass is 9.94. The molecule has 3 N–H and O–H groups in total. The number of hydrogen-bond donors (Lipinski definition) is 3. The molecule has 0 aromatic heterocycles. The number of aliphatic carboxylic acids is 1. The molecule has 0 saturated carbocycles. The van der Waals surface area contributed by atoms with E-state index in [4.69, 9.17) is 4.55 Å². The average molecular weight is 414 g/mol. The first kappa shape index (κ1) is 24.3. The van der Waals surface area contributed by atoms with Gasteiger partial charge in [-0.2, -0.15) is 8.42 Å². The topological polar surface area (TPSA) is 121 Å². The van der Waals surface area contributed by atoms with Crippen LogP contribution >= 0.6 is 0 Å². The van der Waals surface area contributed by atoms with E-state index in [2.05, 4.69) is 5.32 Å². The Labute approximate surface area is 167 Å². The summed E-state index contributed by atoms with van der Waals surface area (Å²) in [6, 6.07) is 5.33. The van der Waals surface area contributed by atoms with Crippen molar-refractivity contribution in [2.24, 2.45) is 0 Å². The number of carboxylic acids is 1. The van der Waals surface area contributed by atoms with Gasteiger partial charge in [0.25, 0.3) is 10.1 Å². The zero-order chi connectivity index (χ0) is 20.8. The number of hydrogen-bond acceptors (Lipinski definition) is 5. The van der Waals surface area contributed by atoms with Crippen LogP contribution in [0.1, 0.15) is 69.3 Å². The van der Waals surface area contributed by atoms with Crippen LogP contribution in [0.4, 0.5) is 0 Å². The van der Waals surface area contributed by atoms with E-state index in [9.17, 15) is 23.1 Å². The van der Waals surface area contributed by atoms with Gasteiger partial charge in [0.2, 0.25) is 0 Å². The minimum atomic E-state index is -4.28. The quantitative estimate of drug-likeness (QED) is 0.216. The Kier molecular flexibility index (Phi) is 11.6. The Balaban J connectivity index is 2.23. The second-order valence-corrected chi connectivity index (χ2v) is 8.33. The molecule has 8 heteroatoms. The highest BCUT2D eigenvalue weighted by Gasteiger charge is 2.20. The second kappa shape index (κ2) is 13.4. The van der Waals surface area contributed by atoms with Crippen LogP contribution in [0.5, 0.6) is 0 Å². The molecule has 1 atom stereocenters. The summed E-state index contributed by atoms with van der Waals surface area (Å²) in [7, 11) is -4.28. The first-order valence-electron chi connectivity index (χ1n) is 9.81. The fourth-order valence-corrected chi connectivity index (χ4v) is 3.52. The summed E-state index contributed by atoms with van der Waals surface area (Å²) in [4.78, 5) is 21.5. The van der Waals surface area contributed by atoms with E-state index >= 15 is 0 Å². The molecule has 0 fully saturated rings. The van der Waals surface area contributed by atoms with Crippen LogP contribution in [-0.2, 0) is 19.7 Å². The maximum Gasteiger partial charge on any atom is 0.310 e. The van der Waals surface area contributed by atoms with E-state index in [0.717, 1.165) is 64.3 Å². The molecule has 0 aliphatic rings. The van der Waals surface area contributed by atoms with Gasteiger partial charge >= 0.3 is 5.97 Å². The number of nitrogens with one attached hydrogen (secondary N) is 1. The lowest BCUT2D eigenvalue weighted by Gasteiger charge is -2.13. The van der Waals surface area contributed by atoms with Crippen LogP contribution in [0, 0.1) is 0 Å². The predicted octanol–water partition coefficient (Wildman–Crippen LogP) is 3.40. The number of carbonyl (C=O) groups excluding carboxylic acids is 1. The molecule has 0 aliphatic heterocycles. The maximum atomic E-state index is 11.5. The molecule has 28 heavy (non-hydrogen) atoms. The zero-order valence-electron chi connectivity index (χ0n) is 16.2. The number of aldehydes is 1. The van der Waals surface area contributed by atoms with Gasteiger partial charge in [0, 0.05) is 6.42 Å². The summed E-state index contributed by atoms with van der Waals surface area (Å²) in [5.74, 6) is -1.64. The predicted molar refractivity (Wildman–Crippen MR) is 107 cm³/mol. The number of carbonyl (C=O) groups is 2. The van der Waals surface area contributed by atoms with Crippen molar-refractivity contribution in [1.29, 1.82) is 0 Å². The Morgan fingerprint density at radius 3 is 2.11 bits per heavy atom. The zero-order valence-corrected chi connectivity index (χ0v) is 17.0. The molecule has 1 aromatic carbocycles.